The van der Waals surface area contributed by atoms with Gasteiger partial charge in [0.1, 0.15) is 0 Å². The monoisotopic (exact) mass is 293 g/mol. The van der Waals surface area contributed by atoms with Gasteiger partial charge in [0.25, 0.3) is 0 Å². The fourth-order valence-corrected chi connectivity index (χ4v) is 3.29. The van der Waals surface area contributed by atoms with Crippen molar-refractivity contribution in [2.45, 2.75) is 47.6 Å². The lowest BCUT2D eigenvalue weighted by molar-refractivity contribution is 0.805. The summed E-state index contributed by atoms with van der Waals surface area (Å²) in [5, 5.41) is 1.42. The Kier molecular flexibility index (Phi) is 5.43. The summed E-state index contributed by atoms with van der Waals surface area (Å²) >= 11 is 0. The first-order valence-electron chi connectivity index (χ1n) is 8.58. The van der Waals surface area contributed by atoms with E-state index < -0.39 is 0 Å². The Bertz CT molecular complexity index is 750. The van der Waals surface area contributed by atoms with Gasteiger partial charge in [-0.25, -0.2) is 0 Å². The van der Waals surface area contributed by atoms with Gasteiger partial charge < -0.3 is 4.57 Å². The summed E-state index contributed by atoms with van der Waals surface area (Å²) in [5.74, 6) is 0. The van der Waals surface area contributed by atoms with Crippen LogP contribution in [0.4, 0.5) is 0 Å². The molecule has 1 aliphatic rings. The van der Waals surface area contributed by atoms with E-state index in [-0.39, 0.29) is 0 Å². The van der Waals surface area contributed by atoms with Crippen LogP contribution < -0.4 is 0 Å². The van der Waals surface area contributed by atoms with Crippen LogP contribution in [0.5, 0.6) is 0 Å². The van der Waals surface area contributed by atoms with Gasteiger partial charge in [-0.15, -0.1) is 0 Å². The summed E-state index contributed by atoms with van der Waals surface area (Å²) in [6.07, 6.45) is 1.08. The van der Waals surface area contributed by atoms with Gasteiger partial charge in [0, 0.05) is 29.4 Å². The molecule has 0 spiro atoms. The highest BCUT2D eigenvalue weighted by Crippen LogP contribution is 2.42. The zero-order chi connectivity index (χ0) is 16.1. The van der Waals surface area contributed by atoms with Crippen LogP contribution in [0.15, 0.2) is 48.5 Å². The minimum absolute atomic E-state index is 1.03. The lowest BCUT2D eigenvalue weighted by Crippen LogP contribution is -1.96. The first kappa shape index (κ1) is 16.4. The van der Waals surface area contributed by atoms with Crippen molar-refractivity contribution in [2.75, 3.05) is 0 Å². The molecule has 0 N–H and O–H groups in total. The molecular weight excluding hydrogens is 266 g/mol. The molecule has 1 heteroatoms. The third-order valence-electron chi connectivity index (χ3n) is 4.03. The largest absolute Gasteiger partial charge is 0.341 e. The molecule has 0 saturated carbocycles. The first-order valence-corrected chi connectivity index (χ1v) is 8.58. The zero-order valence-electron chi connectivity index (χ0n) is 14.5. The lowest BCUT2D eigenvalue weighted by Gasteiger charge is -2.07. The van der Waals surface area contributed by atoms with E-state index in [0.717, 1.165) is 13.0 Å². The Morgan fingerprint density at radius 1 is 0.864 bits per heavy atom. The van der Waals surface area contributed by atoms with Crippen LogP contribution in [0.3, 0.4) is 0 Å². The van der Waals surface area contributed by atoms with Gasteiger partial charge in [0.05, 0.1) is 5.69 Å². The van der Waals surface area contributed by atoms with Crippen molar-refractivity contribution in [3.8, 4) is 11.3 Å². The highest BCUT2D eigenvalue weighted by Gasteiger charge is 2.25. The smallest absolute Gasteiger partial charge is 0.0530 e. The molecule has 22 heavy (non-hydrogen) atoms. The van der Waals surface area contributed by atoms with Crippen LogP contribution >= 0.6 is 0 Å². The number of aryl methyl sites for hydroxylation is 1. The van der Waals surface area contributed by atoms with Crippen LogP contribution in [0, 0.1) is 0 Å². The molecule has 0 saturated heterocycles. The Balaban J connectivity index is 0.000000410. The second-order valence-electron chi connectivity index (χ2n) is 4.92. The van der Waals surface area contributed by atoms with Crippen molar-refractivity contribution in [1.29, 1.82) is 0 Å². The molecule has 0 bridgehead atoms. The summed E-state index contributed by atoms with van der Waals surface area (Å²) in [5.41, 5.74) is 7.21. The fourth-order valence-electron chi connectivity index (χ4n) is 3.29. The van der Waals surface area contributed by atoms with Gasteiger partial charge in [-0.3, -0.25) is 0 Å². The Morgan fingerprint density at radius 3 is 2.23 bits per heavy atom. The quantitative estimate of drug-likeness (QED) is 0.389. The Labute approximate surface area is 134 Å². The van der Waals surface area contributed by atoms with E-state index in [2.05, 4.69) is 60.0 Å². The van der Waals surface area contributed by atoms with E-state index in [9.17, 15) is 0 Å². The van der Waals surface area contributed by atoms with Crippen LogP contribution in [-0.2, 0) is 13.0 Å². The second-order valence-corrected chi connectivity index (χ2v) is 4.92. The molecule has 2 aromatic carbocycles. The van der Waals surface area contributed by atoms with E-state index in [0.29, 0.717) is 0 Å². The van der Waals surface area contributed by atoms with Crippen LogP contribution in [-0.4, -0.2) is 4.57 Å². The summed E-state index contributed by atoms with van der Waals surface area (Å²) in [4.78, 5) is 0. The van der Waals surface area contributed by atoms with Gasteiger partial charge >= 0.3 is 0 Å². The summed E-state index contributed by atoms with van der Waals surface area (Å²) < 4.78 is 2.45. The summed E-state index contributed by atoms with van der Waals surface area (Å²) in [6.45, 7) is 11.3. The maximum Gasteiger partial charge on any atom is 0.0530 e. The van der Waals surface area contributed by atoms with Gasteiger partial charge in [0.2, 0.25) is 0 Å². The molecular formula is C21H27N. The summed E-state index contributed by atoms with van der Waals surface area (Å²) in [6, 6.07) is 17.6. The second kappa shape index (κ2) is 7.31. The first-order chi connectivity index (χ1) is 10.9. The number of aromatic nitrogens is 1. The number of benzene rings is 2. The molecule has 0 atom stereocenters. The molecule has 3 aromatic rings. The average molecular weight is 293 g/mol. The molecule has 0 aliphatic heterocycles. The van der Waals surface area contributed by atoms with Crippen molar-refractivity contribution in [1.82, 2.24) is 4.57 Å². The molecule has 116 valence electrons. The number of rotatable bonds is 1. The van der Waals surface area contributed by atoms with Crippen molar-refractivity contribution in [3.63, 3.8) is 0 Å². The average Bonchev–Trinajstić information content (AvgIpc) is 3.13. The van der Waals surface area contributed by atoms with E-state index in [1.54, 1.807) is 0 Å². The highest BCUT2D eigenvalue weighted by atomic mass is 15.0. The van der Waals surface area contributed by atoms with Crippen molar-refractivity contribution < 1.29 is 0 Å². The third kappa shape index (κ3) is 2.45. The minimum Gasteiger partial charge on any atom is -0.341 e. The molecule has 1 heterocycles. The minimum atomic E-state index is 1.03. The van der Waals surface area contributed by atoms with Gasteiger partial charge in [-0.05, 0) is 24.1 Å². The number of nitrogens with zero attached hydrogens (tertiary/aromatic N) is 1. The highest BCUT2D eigenvalue weighted by molar-refractivity contribution is 5.95. The van der Waals surface area contributed by atoms with Crippen molar-refractivity contribution in [3.05, 3.63) is 59.7 Å². The number of para-hydroxylation sites is 1. The molecule has 4 rings (SSSR count). The molecule has 1 nitrogen and oxygen atoms in total. The predicted molar refractivity (Wildman–Crippen MR) is 98.6 cm³/mol. The Hall–Kier alpha value is -2.02. The SMILES string of the molecule is CC.CC.CCn1c2c(c3ccccc31)Cc1ccccc1-2. The van der Waals surface area contributed by atoms with Crippen molar-refractivity contribution in [2.24, 2.45) is 0 Å². The topological polar surface area (TPSA) is 4.93 Å². The van der Waals surface area contributed by atoms with Gasteiger partial charge in [-0.1, -0.05) is 70.2 Å². The fraction of sp³-hybridized carbons (Fsp3) is 0.333. The van der Waals surface area contributed by atoms with E-state index in [1.165, 1.54) is 33.3 Å². The van der Waals surface area contributed by atoms with Crippen LogP contribution in [0.25, 0.3) is 22.2 Å². The lowest BCUT2D eigenvalue weighted by atomic mass is 10.1. The van der Waals surface area contributed by atoms with Crippen LogP contribution in [0.1, 0.15) is 45.7 Å². The van der Waals surface area contributed by atoms with Gasteiger partial charge in [0.15, 0.2) is 0 Å². The molecule has 0 radical (unpaired) electrons. The van der Waals surface area contributed by atoms with Crippen LogP contribution in [0.2, 0.25) is 0 Å². The molecule has 1 aromatic heterocycles. The maximum absolute atomic E-state index is 2.45. The summed E-state index contributed by atoms with van der Waals surface area (Å²) in [7, 11) is 0. The van der Waals surface area contributed by atoms with Crippen molar-refractivity contribution >= 4 is 10.9 Å². The number of fused-ring (bicyclic) bond motifs is 5. The number of hydrogen-bond donors (Lipinski definition) is 0. The molecule has 0 fully saturated rings. The van der Waals surface area contributed by atoms with E-state index in [4.69, 9.17) is 0 Å². The third-order valence-corrected chi connectivity index (χ3v) is 4.03. The van der Waals surface area contributed by atoms with E-state index in [1.807, 2.05) is 27.7 Å². The molecule has 0 unspecified atom stereocenters. The number of hydrogen-bond acceptors (Lipinski definition) is 0. The van der Waals surface area contributed by atoms with Gasteiger partial charge in [-0.2, -0.15) is 0 Å². The van der Waals surface area contributed by atoms with E-state index >= 15 is 0 Å². The predicted octanol–water partition coefficient (Wildman–Crippen LogP) is 6.28. The molecule has 1 aliphatic carbocycles. The normalized spacial score (nSPS) is 11.0. The maximum atomic E-state index is 2.45. The standard InChI is InChI=1S/C17H15N.2C2H6/c1-2-18-16-10-6-5-9-14(16)15-11-12-7-3-4-8-13(12)17(15)18;2*1-2/h3-10H,2,11H2,1H3;2*1-2H3. The zero-order valence-corrected chi connectivity index (χ0v) is 14.5. The molecule has 0 amide bonds. The Morgan fingerprint density at radius 2 is 1.50 bits per heavy atom.